The number of rotatable bonds is 10. The highest BCUT2D eigenvalue weighted by atomic mass is 32.1. The summed E-state index contributed by atoms with van der Waals surface area (Å²) in [6, 6.07) is 17.6. The SMILES string of the molecule is C[C@@H](CNCc1ccccc1C(F)(F)F)N(C(=O)Cc1cncn1Cc1ccc(C#N)cc1)C(=S)Nc1cccc(C(F)(F)F)c1. The van der Waals surface area contributed by atoms with Gasteiger partial charge in [-0.25, -0.2) is 4.98 Å². The molecule has 1 heterocycles. The van der Waals surface area contributed by atoms with E-state index < -0.39 is 35.4 Å². The number of benzene rings is 3. The van der Waals surface area contributed by atoms with E-state index in [0.717, 1.165) is 23.8 Å². The minimum absolute atomic E-state index is 0.00254. The van der Waals surface area contributed by atoms with Gasteiger partial charge < -0.3 is 15.2 Å². The summed E-state index contributed by atoms with van der Waals surface area (Å²) >= 11 is 5.50. The number of aromatic nitrogens is 2. The van der Waals surface area contributed by atoms with E-state index >= 15 is 0 Å². The Morgan fingerprint density at radius 2 is 1.74 bits per heavy atom. The Bertz CT molecular complexity index is 1710. The van der Waals surface area contributed by atoms with E-state index in [2.05, 4.69) is 15.6 Å². The van der Waals surface area contributed by atoms with Gasteiger partial charge in [0.1, 0.15) is 0 Å². The highest BCUT2D eigenvalue weighted by molar-refractivity contribution is 7.80. The summed E-state index contributed by atoms with van der Waals surface area (Å²) in [6.45, 7) is 1.81. The molecule has 1 aromatic heterocycles. The van der Waals surface area contributed by atoms with Crippen molar-refractivity contribution in [1.29, 1.82) is 5.26 Å². The third-order valence-corrected chi connectivity index (χ3v) is 7.31. The molecule has 0 saturated carbocycles. The number of thiocarbonyl (C=S) groups is 1. The van der Waals surface area contributed by atoms with Crippen LogP contribution in [0, 0.1) is 11.3 Å². The van der Waals surface area contributed by atoms with Crippen molar-refractivity contribution in [3.8, 4) is 6.07 Å². The topological polar surface area (TPSA) is 86.0 Å². The Kier molecular flexibility index (Phi) is 10.8. The van der Waals surface area contributed by atoms with Crippen LogP contribution in [0.4, 0.5) is 32.0 Å². The van der Waals surface area contributed by atoms with Crippen LogP contribution >= 0.6 is 12.2 Å². The van der Waals surface area contributed by atoms with Gasteiger partial charge in [0, 0.05) is 43.3 Å². The second-order valence-electron chi connectivity index (χ2n) is 10.4. The zero-order chi connectivity index (χ0) is 33.5. The number of hydrogen-bond acceptors (Lipinski definition) is 5. The summed E-state index contributed by atoms with van der Waals surface area (Å²) in [7, 11) is 0. The standard InChI is InChI=1S/C32H28F6N6OS/c1-21(16-40-17-24-5-2-3-8-28(24)32(36,37)38)44(30(46)42-26-7-4-6-25(13-26)31(33,34)35)29(45)14-27-18-41-20-43(27)19-23-11-9-22(15-39)10-12-23/h2-13,18,20-21,40H,14,16-17,19H2,1H3,(H,42,46)/t21-/m0/s1. The lowest BCUT2D eigenvalue weighted by atomic mass is 10.1. The van der Waals surface area contributed by atoms with Crippen LogP contribution in [0.25, 0.3) is 0 Å². The minimum atomic E-state index is -4.61. The molecule has 7 nitrogen and oxygen atoms in total. The van der Waals surface area contributed by atoms with Crippen molar-refractivity contribution < 1.29 is 31.1 Å². The van der Waals surface area contributed by atoms with E-state index in [1.165, 1.54) is 47.8 Å². The Labute approximate surface area is 266 Å². The molecule has 0 radical (unpaired) electrons. The second-order valence-corrected chi connectivity index (χ2v) is 10.8. The number of carbonyl (C=O) groups is 1. The monoisotopic (exact) mass is 658 g/mol. The van der Waals surface area contributed by atoms with Gasteiger partial charge in [-0.3, -0.25) is 9.69 Å². The van der Waals surface area contributed by atoms with Crippen LogP contribution in [0.2, 0.25) is 0 Å². The molecule has 0 unspecified atom stereocenters. The predicted molar refractivity (Wildman–Crippen MR) is 163 cm³/mol. The minimum Gasteiger partial charge on any atom is -0.332 e. The zero-order valence-electron chi connectivity index (χ0n) is 24.4. The third kappa shape index (κ3) is 8.92. The van der Waals surface area contributed by atoms with Gasteiger partial charge in [-0.05, 0) is 66.7 Å². The Balaban J connectivity index is 1.54. The number of nitriles is 1. The lowest BCUT2D eigenvalue weighted by molar-refractivity contribution is -0.138. The largest absolute Gasteiger partial charge is 0.416 e. The summed E-state index contributed by atoms with van der Waals surface area (Å²) in [5.74, 6) is -0.518. The molecule has 1 atom stereocenters. The summed E-state index contributed by atoms with van der Waals surface area (Å²) < 4.78 is 82.1. The average Bonchev–Trinajstić information content (AvgIpc) is 3.43. The molecule has 0 aliphatic rings. The van der Waals surface area contributed by atoms with Gasteiger partial charge in [-0.15, -0.1) is 0 Å². The lowest BCUT2D eigenvalue weighted by Crippen LogP contribution is -2.50. The first-order valence-corrected chi connectivity index (χ1v) is 14.3. The fraction of sp³-hybridized carbons (Fsp3) is 0.250. The summed E-state index contributed by atoms with van der Waals surface area (Å²) in [6.07, 6.45) is -6.31. The maximum absolute atomic E-state index is 13.8. The van der Waals surface area contributed by atoms with Crippen LogP contribution in [-0.2, 0) is 36.7 Å². The molecule has 0 fully saturated rings. The number of nitrogens with one attached hydrogen (secondary N) is 2. The quantitative estimate of drug-likeness (QED) is 0.144. The van der Waals surface area contributed by atoms with E-state index in [-0.39, 0.29) is 35.9 Å². The van der Waals surface area contributed by atoms with E-state index in [1.54, 1.807) is 35.8 Å². The van der Waals surface area contributed by atoms with Crippen LogP contribution in [0.1, 0.15) is 40.4 Å². The molecule has 4 rings (SSSR count). The van der Waals surface area contributed by atoms with Crippen molar-refractivity contribution in [3.63, 3.8) is 0 Å². The molecular formula is C32H28F6N6OS. The molecule has 0 saturated heterocycles. The summed E-state index contributed by atoms with van der Waals surface area (Å²) in [5.41, 5.74) is 0.163. The highest BCUT2D eigenvalue weighted by Gasteiger charge is 2.33. The lowest BCUT2D eigenvalue weighted by Gasteiger charge is -2.30. The summed E-state index contributed by atoms with van der Waals surface area (Å²) in [4.78, 5) is 19.1. The third-order valence-electron chi connectivity index (χ3n) is 7.01. The molecule has 240 valence electrons. The molecule has 2 N–H and O–H groups in total. The summed E-state index contributed by atoms with van der Waals surface area (Å²) in [5, 5.41) is 14.5. The molecule has 14 heteroatoms. The molecule has 0 aliphatic carbocycles. The smallest absolute Gasteiger partial charge is 0.332 e. The van der Waals surface area contributed by atoms with Crippen LogP contribution < -0.4 is 10.6 Å². The van der Waals surface area contributed by atoms with Crippen molar-refractivity contribution >= 4 is 28.9 Å². The first-order chi connectivity index (χ1) is 21.8. The number of alkyl halides is 6. The molecule has 0 bridgehead atoms. The fourth-order valence-corrected chi connectivity index (χ4v) is 5.13. The van der Waals surface area contributed by atoms with Gasteiger partial charge >= 0.3 is 12.4 Å². The number of carbonyl (C=O) groups excluding carboxylic acids is 1. The number of anilines is 1. The van der Waals surface area contributed by atoms with Crippen LogP contribution in [0.5, 0.6) is 0 Å². The molecule has 1 amide bonds. The fourth-order valence-electron chi connectivity index (χ4n) is 4.73. The Morgan fingerprint density at radius 3 is 2.41 bits per heavy atom. The van der Waals surface area contributed by atoms with Gasteiger partial charge in [0.15, 0.2) is 5.11 Å². The van der Waals surface area contributed by atoms with Crippen LogP contribution in [0.15, 0.2) is 85.3 Å². The van der Waals surface area contributed by atoms with Crippen molar-refractivity contribution in [2.24, 2.45) is 0 Å². The zero-order valence-corrected chi connectivity index (χ0v) is 25.2. The number of imidazole rings is 1. The average molecular weight is 659 g/mol. The second kappa shape index (κ2) is 14.6. The molecule has 0 aliphatic heterocycles. The number of halogens is 6. The van der Waals surface area contributed by atoms with Gasteiger partial charge in [0.2, 0.25) is 5.91 Å². The van der Waals surface area contributed by atoms with Gasteiger partial charge in [-0.2, -0.15) is 31.6 Å². The van der Waals surface area contributed by atoms with Crippen molar-refractivity contribution in [3.05, 3.63) is 119 Å². The predicted octanol–water partition coefficient (Wildman–Crippen LogP) is 6.79. The maximum atomic E-state index is 13.8. The molecule has 3 aromatic carbocycles. The van der Waals surface area contributed by atoms with Gasteiger partial charge in [-0.1, -0.05) is 36.4 Å². The van der Waals surface area contributed by atoms with Crippen molar-refractivity contribution in [1.82, 2.24) is 19.8 Å². The van der Waals surface area contributed by atoms with E-state index in [9.17, 15) is 31.1 Å². The first kappa shape index (κ1) is 34.1. The van der Waals surface area contributed by atoms with Crippen molar-refractivity contribution in [2.45, 2.75) is 44.8 Å². The first-order valence-electron chi connectivity index (χ1n) is 13.9. The Morgan fingerprint density at radius 1 is 1.02 bits per heavy atom. The van der Waals surface area contributed by atoms with Crippen LogP contribution in [0.3, 0.4) is 0 Å². The molecule has 0 spiro atoms. The van der Waals surface area contributed by atoms with Crippen molar-refractivity contribution in [2.75, 3.05) is 11.9 Å². The maximum Gasteiger partial charge on any atom is 0.416 e. The van der Waals surface area contributed by atoms with Gasteiger partial charge in [0.25, 0.3) is 0 Å². The normalized spacial score (nSPS) is 12.3. The van der Waals surface area contributed by atoms with E-state index in [0.29, 0.717) is 17.8 Å². The molecule has 46 heavy (non-hydrogen) atoms. The number of amides is 1. The van der Waals surface area contributed by atoms with E-state index in [1.807, 2.05) is 6.07 Å². The highest BCUT2D eigenvalue weighted by Crippen LogP contribution is 2.32. The Hall–Kier alpha value is -4.74. The molecule has 4 aromatic rings. The van der Waals surface area contributed by atoms with E-state index in [4.69, 9.17) is 17.5 Å². The van der Waals surface area contributed by atoms with Crippen LogP contribution in [-0.4, -0.2) is 38.1 Å². The molecular weight excluding hydrogens is 630 g/mol. The number of nitrogens with zero attached hydrogens (tertiary/aromatic N) is 4. The number of hydrogen-bond donors (Lipinski definition) is 2. The van der Waals surface area contributed by atoms with Gasteiger partial charge in [0.05, 0.1) is 35.5 Å².